The number of piperidine rings is 1. The molecule has 1 aliphatic rings. The lowest BCUT2D eigenvalue weighted by Gasteiger charge is -2.31. The quantitative estimate of drug-likeness (QED) is 0.315. The third-order valence-electron chi connectivity index (χ3n) is 6.60. The number of methoxy groups -OCH3 is 1. The molecule has 206 valence electrons. The summed E-state index contributed by atoms with van der Waals surface area (Å²) in [5, 5.41) is 7.88. The topological polar surface area (TPSA) is 122 Å². The van der Waals surface area contributed by atoms with Gasteiger partial charge >= 0.3 is 0 Å². The fraction of sp³-hybridized carbons (Fsp3) is 0.346. The summed E-state index contributed by atoms with van der Waals surface area (Å²) in [5.41, 5.74) is 2.06. The zero-order valence-corrected chi connectivity index (χ0v) is 22.3. The van der Waals surface area contributed by atoms with Crippen molar-refractivity contribution >= 4 is 26.7 Å². The molecule has 0 saturated carbocycles. The zero-order chi connectivity index (χ0) is 27.6. The molecule has 3 heterocycles. The number of sulfonamides is 1. The Balaban J connectivity index is 1.38. The molecular weight excluding hydrogens is 530 g/mol. The number of nitrogens with one attached hydrogen (secondary N) is 2. The highest BCUT2D eigenvalue weighted by Gasteiger charge is 2.24. The average molecular weight is 559 g/mol. The van der Waals surface area contributed by atoms with Gasteiger partial charge in [-0.2, -0.15) is 10.1 Å². The number of alkyl halides is 1. The maximum absolute atomic E-state index is 14.2. The highest BCUT2D eigenvalue weighted by atomic mass is 32.2. The molecule has 5 rings (SSSR count). The lowest BCUT2D eigenvalue weighted by molar-refractivity contribution is 0.0946. The van der Waals surface area contributed by atoms with E-state index in [0.29, 0.717) is 34.8 Å². The van der Waals surface area contributed by atoms with Crippen LogP contribution in [-0.4, -0.2) is 73.0 Å². The van der Waals surface area contributed by atoms with Crippen LogP contribution in [0.25, 0.3) is 22.4 Å². The van der Waals surface area contributed by atoms with Crippen molar-refractivity contribution in [1.82, 2.24) is 25.1 Å². The van der Waals surface area contributed by atoms with Gasteiger partial charge in [-0.25, -0.2) is 22.2 Å². The van der Waals surface area contributed by atoms with Gasteiger partial charge < -0.3 is 14.4 Å². The molecule has 2 N–H and O–H groups in total. The number of rotatable bonds is 9. The standard InChI is InChI=1S/C26H28F2N6O4S/c1-16-23-25(32-31-16)29-24(30-26(23)38-19-9-12-34(13-10-19)14-11-27)17-3-5-18(6-4-17)33-39(35,36)22-15-20(37-2)7-8-21(22)28/h3-8,15,19,33H,9-14H2,1-2H3,(H,29,30,31,32). The molecule has 0 radical (unpaired) electrons. The van der Waals surface area contributed by atoms with Crippen molar-refractivity contribution in [3.05, 3.63) is 54.0 Å². The lowest BCUT2D eigenvalue weighted by Crippen LogP contribution is -2.39. The number of ether oxygens (including phenoxy) is 2. The van der Waals surface area contributed by atoms with Crippen LogP contribution < -0.4 is 14.2 Å². The predicted octanol–water partition coefficient (Wildman–Crippen LogP) is 4.09. The van der Waals surface area contributed by atoms with E-state index >= 15 is 0 Å². The first-order valence-corrected chi connectivity index (χ1v) is 13.9. The number of aromatic amines is 1. The fourth-order valence-corrected chi connectivity index (χ4v) is 5.64. The summed E-state index contributed by atoms with van der Waals surface area (Å²) in [6.45, 7) is 3.42. The summed E-state index contributed by atoms with van der Waals surface area (Å²) in [6.07, 6.45) is 1.43. The second-order valence-corrected chi connectivity index (χ2v) is 10.9. The summed E-state index contributed by atoms with van der Waals surface area (Å²) in [6, 6.07) is 9.87. The van der Waals surface area contributed by atoms with Crippen molar-refractivity contribution in [2.45, 2.75) is 30.8 Å². The van der Waals surface area contributed by atoms with E-state index in [1.54, 1.807) is 12.1 Å². The first kappa shape index (κ1) is 26.8. The smallest absolute Gasteiger partial charge is 0.264 e. The largest absolute Gasteiger partial charge is 0.497 e. The van der Waals surface area contributed by atoms with Gasteiger partial charge in [0.1, 0.15) is 34.6 Å². The first-order chi connectivity index (χ1) is 18.8. The van der Waals surface area contributed by atoms with Crippen molar-refractivity contribution < 1.29 is 26.7 Å². The maximum Gasteiger partial charge on any atom is 0.264 e. The molecule has 13 heteroatoms. The molecule has 1 fully saturated rings. The number of anilines is 1. The minimum Gasteiger partial charge on any atom is -0.497 e. The minimum absolute atomic E-state index is 0.0742. The van der Waals surface area contributed by atoms with Crippen LogP contribution in [0.3, 0.4) is 0 Å². The Morgan fingerprint density at radius 3 is 2.56 bits per heavy atom. The molecule has 0 amide bonds. The van der Waals surface area contributed by atoms with Crippen molar-refractivity contribution in [1.29, 1.82) is 0 Å². The highest BCUT2D eigenvalue weighted by Crippen LogP contribution is 2.31. The number of likely N-dealkylation sites (tertiary alicyclic amines) is 1. The van der Waals surface area contributed by atoms with E-state index in [2.05, 4.69) is 29.8 Å². The van der Waals surface area contributed by atoms with E-state index in [4.69, 9.17) is 9.47 Å². The molecule has 39 heavy (non-hydrogen) atoms. The van der Waals surface area contributed by atoms with Crippen LogP contribution >= 0.6 is 0 Å². The SMILES string of the molecule is COc1ccc(F)c(S(=O)(=O)Nc2ccc(-c3nc(OC4CCN(CCF)CC4)c4c(C)[nH]nc4n3)cc2)c1. The normalized spacial score (nSPS) is 15.0. The highest BCUT2D eigenvalue weighted by molar-refractivity contribution is 7.92. The first-order valence-electron chi connectivity index (χ1n) is 12.4. The van der Waals surface area contributed by atoms with Gasteiger partial charge in [-0.05, 0) is 56.2 Å². The second-order valence-electron chi connectivity index (χ2n) is 9.23. The van der Waals surface area contributed by atoms with Gasteiger partial charge in [0.05, 0.1) is 7.11 Å². The molecule has 0 atom stereocenters. The second kappa shape index (κ2) is 11.1. The Hall–Kier alpha value is -3.84. The zero-order valence-electron chi connectivity index (χ0n) is 21.4. The number of hydrogen-bond donors (Lipinski definition) is 2. The molecule has 1 aliphatic heterocycles. The Bertz CT molecular complexity index is 1570. The number of H-pyrrole nitrogens is 1. The number of nitrogens with zero attached hydrogens (tertiary/aromatic N) is 4. The van der Waals surface area contributed by atoms with E-state index in [-0.39, 0.29) is 24.2 Å². The molecule has 10 nitrogen and oxygen atoms in total. The summed E-state index contributed by atoms with van der Waals surface area (Å²) >= 11 is 0. The molecular formula is C26H28F2N6O4S. The van der Waals surface area contributed by atoms with Gasteiger partial charge in [0.15, 0.2) is 11.5 Å². The van der Waals surface area contributed by atoms with Crippen molar-refractivity contribution in [2.24, 2.45) is 0 Å². The summed E-state index contributed by atoms with van der Waals surface area (Å²) in [5.74, 6) is 0.0868. The van der Waals surface area contributed by atoms with Crippen LogP contribution in [0.4, 0.5) is 14.5 Å². The van der Waals surface area contributed by atoms with Crippen molar-refractivity contribution in [3.63, 3.8) is 0 Å². The number of halogens is 2. The Morgan fingerprint density at radius 1 is 1.13 bits per heavy atom. The van der Waals surface area contributed by atoms with E-state index in [0.717, 1.165) is 43.8 Å². The summed E-state index contributed by atoms with van der Waals surface area (Å²) in [7, 11) is -2.84. The van der Waals surface area contributed by atoms with E-state index in [1.165, 1.54) is 25.3 Å². The third kappa shape index (κ3) is 5.78. The Kier molecular flexibility index (Phi) is 7.62. The maximum atomic E-state index is 14.2. The molecule has 2 aromatic heterocycles. The molecule has 2 aromatic carbocycles. The fourth-order valence-electron chi connectivity index (χ4n) is 4.49. The van der Waals surface area contributed by atoms with Gasteiger partial charge in [-0.15, -0.1) is 0 Å². The molecule has 0 spiro atoms. The lowest BCUT2D eigenvalue weighted by atomic mass is 10.1. The number of hydrogen-bond acceptors (Lipinski definition) is 8. The van der Waals surface area contributed by atoms with Gasteiger partial charge in [-0.1, -0.05) is 0 Å². The third-order valence-corrected chi connectivity index (χ3v) is 7.99. The van der Waals surface area contributed by atoms with Gasteiger partial charge in [0, 0.05) is 42.6 Å². The number of benzene rings is 2. The van der Waals surface area contributed by atoms with Crippen LogP contribution in [0.15, 0.2) is 47.4 Å². The van der Waals surface area contributed by atoms with Crippen molar-refractivity contribution in [3.8, 4) is 23.0 Å². The van der Waals surface area contributed by atoms with Gasteiger partial charge in [0.25, 0.3) is 10.0 Å². The van der Waals surface area contributed by atoms with Gasteiger partial charge in [-0.3, -0.25) is 9.82 Å². The molecule has 4 aromatic rings. The number of aromatic nitrogens is 4. The Morgan fingerprint density at radius 2 is 1.87 bits per heavy atom. The predicted molar refractivity (Wildman–Crippen MR) is 142 cm³/mol. The van der Waals surface area contributed by atoms with E-state index in [9.17, 15) is 17.2 Å². The number of fused-ring (bicyclic) bond motifs is 1. The van der Waals surface area contributed by atoms with Crippen LogP contribution in [0, 0.1) is 12.7 Å². The van der Waals surface area contributed by atoms with Crippen LogP contribution in [-0.2, 0) is 10.0 Å². The molecule has 0 aliphatic carbocycles. The molecule has 0 unspecified atom stereocenters. The monoisotopic (exact) mass is 558 g/mol. The van der Waals surface area contributed by atoms with Gasteiger partial charge in [0.2, 0.25) is 5.88 Å². The van der Waals surface area contributed by atoms with Crippen molar-refractivity contribution in [2.75, 3.05) is 38.1 Å². The minimum atomic E-state index is -4.21. The van der Waals surface area contributed by atoms with Crippen LogP contribution in [0.2, 0.25) is 0 Å². The van der Waals surface area contributed by atoms with E-state index in [1.807, 2.05) is 6.92 Å². The van der Waals surface area contributed by atoms with E-state index < -0.39 is 20.7 Å². The number of aryl methyl sites for hydroxylation is 1. The van der Waals surface area contributed by atoms with Crippen LogP contribution in [0.1, 0.15) is 18.5 Å². The molecule has 1 saturated heterocycles. The average Bonchev–Trinajstić information content (AvgIpc) is 3.31. The summed E-state index contributed by atoms with van der Waals surface area (Å²) in [4.78, 5) is 10.8. The Labute approximate surface area is 224 Å². The molecule has 0 bridgehead atoms. The van der Waals surface area contributed by atoms with Crippen LogP contribution in [0.5, 0.6) is 11.6 Å². The summed E-state index contributed by atoms with van der Waals surface area (Å²) < 4.78 is 66.2.